The molecule has 0 aromatic rings. The summed E-state index contributed by atoms with van der Waals surface area (Å²) in [4.78, 5) is 11.8. The molecule has 21 heavy (non-hydrogen) atoms. The Morgan fingerprint density at radius 2 is 2.14 bits per heavy atom. The van der Waals surface area contributed by atoms with Crippen LogP contribution in [-0.2, 0) is 4.79 Å². The van der Waals surface area contributed by atoms with E-state index in [1.54, 1.807) is 0 Å². The van der Waals surface area contributed by atoms with Gasteiger partial charge >= 0.3 is 0 Å². The first kappa shape index (κ1) is 13.5. The highest BCUT2D eigenvalue weighted by atomic mass is 16.3. The Balaban J connectivity index is 1.87. The number of carbonyl (C=O) groups excluding carboxylic acids is 1. The van der Waals surface area contributed by atoms with Gasteiger partial charge in [0.1, 0.15) is 0 Å². The number of allylic oxidation sites excluding steroid dienone is 4. The van der Waals surface area contributed by atoms with E-state index in [1.165, 1.54) is 16.7 Å². The van der Waals surface area contributed by atoms with Crippen LogP contribution >= 0.6 is 0 Å². The molecule has 1 N–H and O–H groups in total. The van der Waals surface area contributed by atoms with Crippen LogP contribution in [0.2, 0.25) is 0 Å². The second-order valence-corrected chi connectivity index (χ2v) is 7.70. The summed E-state index contributed by atoms with van der Waals surface area (Å²) in [5.74, 6) is 0.992. The Morgan fingerprint density at radius 1 is 1.33 bits per heavy atom. The van der Waals surface area contributed by atoms with Crippen LogP contribution in [0.5, 0.6) is 0 Å². The molecule has 4 aliphatic rings. The summed E-state index contributed by atoms with van der Waals surface area (Å²) in [6.45, 7) is 4.36. The first-order chi connectivity index (χ1) is 9.95. The van der Waals surface area contributed by atoms with Gasteiger partial charge < -0.3 is 5.11 Å². The maximum Gasteiger partial charge on any atom is 0.156 e. The van der Waals surface area contributed by atoms with E-state index < -0.39 is 5.60 Å². The number of ketones is 1. The normalized spacial score (nSPS) is 45.1. The Bertz CT molecular complexity index is 609. The third-order valence-corrected chi connectivity index (χ3v) is 6.71. The predicted molar refractivity (Wildman–Crippen MR) is 82.7 cm³/mol. The molecule has 0 saturated heterocycles. The zero-order valence-electron chi connectivity index (χ0n) is 13.0. The molecule has 4 rings (SSSR count). The molecule has 0 radical (unpaired) electrons. The molecule has 0 aliphatic heterocycles. The molecule has 0 bridgehead atoms. The van der Waals surface area contributed by atoms with Crippen molar-refractivity contribution >= 4 is 5.78 Å². The smallest absolute Gasteiger partial charge is 0.156 e. The molecule has 1 saturated carbocycles. The van der Waals surface area contributed by atoms with Gasteiger partial charge in [-0.15, -0.1) is 0 Å². The summed E-state index contributed by atoms with van der Waals surface area (Å²) >= 11 is 0. The Labute approximate surface area is 126 Å². The molecule has 1 fully saturated rings. The van der Waals surface area contributed by atoms with E-state index in [1.807, 2.05) is 6.08 Å². The summed E-state index contributed by atoms with van der Waals surface area (Å²) in [7, 11) is 0. The van der Waals surface area contributed by atoms with E-state index in [0.717, 1.165) is 32.1 Å². The summed E-state index contributed by atoms with van der Waals surface area (Å²) < 4.78 is 0. The van der Waals surface area contributed by atoms with Gasteiger partial charge in [-0.05, 0) is 67.7 Å². The molecule has 0 spiro atoms. The van der Waals surface area contributed by atoms with Crippen molar-refractivity contribution in [2.75, 3.05) is 0 Å². The van der Waals surface area contributed by atoms with E-state index in [9.17, 15) is 9.90 Å². The lowest BCUT2D eigenvalue weighted by atomic mass is 9.56. The molecule has 0 heterocycles. The largest absolute Gasteiger partial charge is 0.388 e. The second kappa shape index (κ2) is 4.19. The zero-order valence-corrected chi connectivity index (χ0v) is 13.0. The van der Waals surface area contributed by atoms with Gasteiger partial charge in [0.15, 0.2) is 5.78 Å². The Kier molecular flexibility index (Phi) is 2.70. The van der Waals surface area contributed by atoms with Crippen molar-refractivity contribution in [1.82, 2.24) is 0 Å². The fraction of sp³-hybridized carbons (Fsp3) is 0.632. The first-order valence-electron chi connectivity index (χ1n) is 8.32. The molecule has 0 aromatic carbocycles. The molecule has 2 nitrogen and oxygen atoms in total. The first-order valence-corrected chi connectivity index (χ1v) is 8.32. The lowest BCUT2D eigenvalue weighted by Crippen LogP contribution is -2.52. The van der Waals surface area contributed by atoms with Gasteiger partial charge in [0, 0.05) is 17.8 Å². The van der Waals surface area contributed by atoms with Crippen molar-refractivity contribution in [2.45, 2.75) is 58.0 Å². The molecule has 112 valence electrons. The topological polar surface area (TPSA) is 37.3 Å². The number of fused-ring (bicyclic) bond motifs is 4. The van der Waals surface area contributed by atoms with Crippen LogP contribution < -0.4 is 0 Å². The monoisotopic (exact) mass is 284 g/mol. The van der Waals surface area contributed by atoms with Crippen molar-refractivity contribution < 1.29 is 9.90 Å². The van der Waals surface area contributed by atoms with Gasteiger partial charge in [0.25, 0.3) is 0 Å². The molecule has 4 aliphatic carbocycles. The van der Waals surface area contributed by atoms with Crippen LogP contribution in [-0.4, -0.2) is 16.5 Å². The fourth-order valence-corrected chi connectivity index (χ4v) is 5.33. The van der Waals surface area contributed by atoms with E-state index in [4.69, 9.17) is 0 Å². The zero-order chi connectivity index (χ0) is 14.8. The summed E-state index contributed by atoms with van der Waals surface area (Å²) in [6, 6.07) is 0. The number of aliphatic hydroxyl groups is 1. The number of hydrogen-bond acceptors (Lipinski definition) is 2. The highest BCUT2D eigenvalue weighted by molar-refractivity contribution is 5.92. The summed E-state index contributed by atoms with van der Waals surface area (Å²) in [5, 5.41) is 11.5. The molecule has 3 unspecified atom stereocenters. The predicted octanol–water partition coefficient (Wildman–Crippen LogP) is 3.72. The number of carbonyl (C=O) groups is 1. The quantitative estimate of drug-likeness (QED) is 0.736. The van der Waals surface area contributed by atoms with Gasteiger partial charge in [-0.2, -0.15) is 0 Å². The van der Waals surface area contributed by atoms with E-state index >= 15 is 0 Å². The van der Waals surface area contributed by atoms with E-state index in [-0.39, 0.29) is 17.1 Å². The molecule has 0 aromatic heterocycles. The van der Waals surface area contributed by atoms with Gasteiger partial charge in [-0.25, -0.2) is 0 Å². The summed E-state index contributed by atoms with van der Waals surface area (Å²) in [5.41, 5.74) is 3.14. The highest BCUT2D eigenvalue weighted by Crippen LogP contribution is 2.60. The number of hydrogen-bond donors (Lipinski definition) is 1. The van der Waals surface area contributed by atoms with Crippen molar-refractivity contribution in [3.05, 3.63) is 34.9 Å². The molecular formula is C19H24O2. The SMILES string of the molecule is CC1=C2C=C[C@@]3(C)CCCC3(O)C2CC2CCC(=O)C=C12. The lowest BCUT2D eigenvalue weighted by molar-refractivity contribution is -0.115. The van der Waals surface area contributed by atoms with Crippen molar-refractivity contribution in [1.29, 1.82) is 0 Å². The summed E-state index contributed by atoms with van der Waals surface area (Å²) in [6.07, 6.45) is 12.1. The average Bonchev–Trinajstić information content (AvgIpc) is 2.76. The molecule has 4 atom stereocenters. The van der Waals surface area contributed by atoms with Gasteiger partial charge in [0.2, 0.25) is 0 Å². The maximum atomic E-state index is 11.8. The van der Waals surface area contributed by atoms with Gasteiger partial charge in [-0.3, -0.25) is 4.79 Å². The molecular weight excluding hydrogens is 260 g/mol. The van der Waals surface area contributed by atoms with Gasteiger partial charge in [-0.1, -0.05) is 19.1 Å². The maximum absolute atomic E-state index is 11.8. The van der Waals surface area contributed by atoms with Crippen LogP contribution in [0.3, 0.4) is 0 Å². The average molecular weight is 284 g/mol. The fourth-order valence-electron chi connectivity index (χ4n) is 5.33. The van der Waals surface area contributed by atoms with Crippen molar-refractivity contribution in [3.8, 4) is 0 Å². The van der Waals surface area contributed by atoms with E-state index in [0.29, 0.717) is 12.3 Å². The number of rotatable bonds is 0. The van der Waals surface area contributed by atoms with Gasteiger partial charge in [0.05, 0.1) is 5.60 Å². The van der Waals surface area contributed by atoms with E-state index in [2.05, 4.69) is 26.0 Å². The van der Waals surface area contributed by atoms with Crippen LogP contribution in [0.4, 0.5) is 0 Å². The standard InChI is InChI=1S/C19H24O2/c1-12-15-6-9-18(2)7-3-8-19(18,21)17(15)10-13-4-5-14(20)11-16(12)13/h6,9,11,13,17,21H,3-5,7-8,10H2,1-2H3/t13?,17?,18-,19?/m1/s1. The molecule has 0 amide bonds. The van der Waals surface area contributed by atoms with Crippen molar-refractivity contribution in [2.24, 2.45) is 17.3 Å². The minimum absolute atomic E-state index is 0.0624. The second-order valence-electron chi connectivity index (χ2n) is 7.70. The molecule has 2 heteroatoms. The third-order valence-electron chi connectivity index (χ3n) is 6.71. The van der Waals surface area contributed by atoms with Crippen molar-refractivity contribution in [3.63, 3.8) is 0 Å². The Hall–Kier alpha value is -1.15. The van der Waals surface area contributed by atoms with Crippen LogP contribution in [0.25, 0.3) is 0 Å². The highest BCUT2D eigenvalue weighted by Gasteiger charge is 2.57. The minimum atomic E-state index is -0.578. The van der Waals surface area contributed by atoms with Crippen LogP contribution in [0.15, 0.2) is 34.9 Å². The lowest BCUT2D eigenvalue weighted by Gasteiger charge is -2.51. The minimum Gasteiger partial charge on any atom is -0.388 e. The third kappa shape index (κ3) is 1.66. The Morgan fingerprint density at radius 3 is 2.95 bits per heavy atom. The van der Waals surface area contributed by atoms with Crippen LogP contribution in [0, 0.1) is 17.3 Å². The van der Waals surface area contributed by atoms with Crippen LogP contribution in [0.1, 0.15) is 52.4 Å².